The van der Waals surface area contributed by atoms with E-state index in [0.29, 0.717) is 19.5 Å². The molecule has 0 aliphatic carbocycles. The molecule has 1 aromatic rings. The van der Waals surface area contributed by atoms with Crippen molar-refractivity contribution in [3.63, 3.8) is 0 Å². The van der Waals surface area contributed by atoms with E-state index in [1.165, 1.54) is 6.92 Å². The van der Waals surface area contributed by atoms with E-state index in [1.807, 2.05) is 30.3 Å². The highest BCUT2D eigenvalue weighted by Gasteiger charge is 2.19. The molecule has 0 aliphatic rings. The highest BCUT2D eigenvalue weighted by Crippen LogP contribution is 2.03. The minimum Gasteiger partial charge on any atom is -0.354 e. The van der Waals surface area contributed by atoms with Gasteiger partial charge in [0.15, 0.2) is 0 Å². The molecule has 5 heteroatoms. The van der Waals surface area contributed by atoms with Crippen LogP contribution in [0.4, 0.5) is 0 Å². The van der Waals surface area contributed by atoms with Crippen LogP contribution in [0.15, 0.2) is 30.3 Å². The van der Waals surface area contributed by atoms with Crippen LogP contribution in [0.2, 0.25) is 0 Å². The molecule has 1 aromatic carbocycles. The highest BCUT2D eigenvalue weighted by atomic mass is 16.2. The molecule has 0 bridgehead atoms. The summed E-state index contributed by atoms with van der Waals surface area (Å²) in [7, 11) is 0. The largest absolute Gasteiger partial charge is 0.354 e. The van der Waals surface area contributed by atoms with Crippen LogP contribution in [0.5, 0.6) is 0 Å². The van der Waals surface area contributed by atoms with Crippen LogP contribution >= 0.6 is 0 Å². The summed E-state index contributed by atoms with van der Waals surface area (Å²) >= 11 is 0. The van der Waals surface area contributed by atoms with Crippen LogP contribution in [0, 0.1) is 0 Å². The molecule has 20 heavy (non-hydrogen) atoms. The molecule has 1 atom stereocenters. The molecule has 0 saturated carbocycles. The van der Waals surface area contributed by atoms with Crippen molar-refractivity contribution >= 4 is 11.8 Å². The normalized spacial score (nSPS) is 11.7. The highest BCUT2D eigenvalue weighted by molar-refractivity contribution is 5.87. The fraction of sp³-hybridized carbons (Fsp3) is 0.467. The number of nitrogens with two attached hydrogens (primary N) is 1. The van der Waals surface area contributed by atoms with Gasteiger partial charge in [-0.3, -0.25) is 9.59 Å². The van der Waals surface area contributed by atoms with Gasteiger partial charge in [0.1, 0.15) is 6.04 Å². The van der Waals surface area contributed by atoms with Crippen molar-refractivity contribution in [2.45, 2.75) is 32.2 Å². The minimum atomic E-state index is -0.534. The predicted molar refractivity (Wildman–Crippen MR) is 79.0 cm³/mol. The Hall–Kier alpha value is -1.88. The van der Waals surface area contributed by atoms with Gasteiger partial charge in [0, 0.05) is 19.9 Å². The Morgan fingerprint density at radius 1 is 1.20 bits per heavy atom. The summed E-state index contributed by atoms with van der Waals surface area (Å²) < 4.78 is 0. The maximum Gasteiger partial charge on any atom is 0.242 e. The van der Waals surface area contributed by atoms with E-state index in [2.05, 4.69) is 10.6 Å². The van der Waals surface area contributed by atoms with Gasteiger partial charge in [-0.1, -0.05) is 30.3 Å². The zero-order valence-electron chi connectivity index (χ0n) is 11.9. The maximum absolute atomic E-state index is 12.1. The molecule has 4 N–H and O–H groups in total. The summed E-state index contributed by atoms with van der Waals surface area (Å²) in [6.45, 7) is 2.62. The van der Waals surface area contributed by atoms with E-state index in [1.54, 1.807) is 0 Å². The summed E-state index contributed by atoms with van der Waals surface area (Å²) in [5.74, 6) is -0.357. The minimum absolute atomic E-state index is 0.152. The second-order valence-corrected chi connectivity index (χ2v) is 4.73. The molecule has 0 radical (unpaired) electrons. The fourth-order valence-electron chi connectivity index (χ4n) is 1.91. The van der Waals surface area contributed by atoms with Gasteiger partial charge >= 0.3 is 0 Å². The van der Waals surface area contributed by atoms with E-state index in [9.17, 15) is 9.59 Å². The van der Waals surface area contributed by atoms with Gasteiger partial charge in [0.2, 0.25) is 11.8 Å². The van der Waals surface area contributed by atoms with E-state index in [-0.39, 0.29) is 11.8 Å². The molecule has 0 unspecified atom stereocenters. The maximum atomic E-state index is 12.1. The molecule has 110 valence electrons. The standard InChI is InChI=1S/C15H23N3O2/c1-12(19)18-14(11-13-7-3-2-4-8-13)15(20)17-10-6-5-9-16/h2-4,7-8,14H,5-6,9-11,16H2,1H3,(H,17,20)(H,18,19)/t14-/m0/s1. The van der Waals surface area contributed by atoms with Crippen LogP contribution in [0.3, 0.4) is 0 Å². The van der Waals surface area contributed by atoms with Gasteiger partial charge < -0.3 is 16.4 Å². The molecule has 0 aromatic heterocycles. The summed E-state index contributed by atoms with van der Waals surface area (Å²) in [5.41, 5.74) is 6.42. The van der Waals surface area contributed by atoms with Crippen molar-refractivity contribution in [3.05, 3.63) is 35.9 Å². The van der Waals surface area contributed by atoms with E-state index in [0.717, 1.165) is 18.4 Å². The zero-order chi connectivity index (χ0) is 14.8. The number of hydrogen-bond acceptors (Lipinski definition) is 3. The Bertz CT molecular complexity index is 420. The van der Waals surface area contributed by atoms with Crippen molar-refractivity contribution in [2.75, 3.05) is 13.1 Å². The van der Waals surface area contributed by atoms with Gasteiger partial charge in [-0.05, 0) is 24.9 Å². The number of amides is 2. The third kappa shape index (κ3) is 6.33. The molecular weight excluding hydrogens is 254 g/mol. The second kappa shape index (κ2) is 9.09. The summed E-state index contributed by atoms with van der Waals surface area (Å²) in [6.07, 6.45) is 2.22. The summed E-state index contributed by atoms with van der Waals surface area (Å²) in [6, 6.07) is 9.10. The summed E-state index contributed by atoms with van der Waals surface area (Å²) in [4.78, 5) is 23.3. The molecule has 0 spiro atoms. The predicted octanol–water partition coefficient (Wildman–Crippen LogP) is 0.589. The quantitative estimate of drug-likeness (QED) is 0.608. The van der Waals surface area contributed by atoms with Crippen LogP contribution in [0.1, 0.15) is 25.3 Å². The topological polar surface area (TPSA) is 84.2 Å². The Kier molecular flexibility index (Phi) is 7.35. The van der Waals surface area contributed by atoms with Gasteiger partial charge in [-0.15, -0.1) is 0 Å². The average molecular weight is 277 g/mol. The van der Waals surface area contributed by atoms with E-state index < -0.39 is 6.04 Å². The Labute approximate surface area is 119 Å². The lowest BCUT2D eigenvalue weighted by Crippen LogP contribution is -2.47. The molecular formula is C15H23N3O2. The lowest BCUT2D eigenvalue weighted by atomic mass is 10.1. The zero-order valence-corrected chi connectivity index (χ0v) is 11.9. The van der Waals surface area contributed by atoms with Crippen LogP contribution in [-0.2, 0) is 16.0 Å². The first-order valence-electron chi connectivity index (χ1n) is 6.92. The van der Waals surface area contributed by atoms with Crippen molar-refractivity contribution in [2.24, 2.45) is 5.73 Å². The molecule has 2 amide bonds. The Balaban J connectivity index is 2.54. The number of benzene rings is 1. The van der Waals surface area contributed by atoms with Gasteiger partial charge in [0.25, 0.3) is 0 Å². The van der Waals surface area contributed by atoms with E-state index >= 15 is 0 Å². The lowest BCUT2D eigenvalue weighted by Gasteiger charge is -2.17. The number of nitrogens with one attached hydrogen (secondary N) is 2. The Morgan fingerprint density at radius 3 is 2.50 bits per heavy atom. The smallest absolute Gasteiger partial charge is 0.242 e. The molecule has 0 saturated heterocycles. The number of hydrogen-bond donors (Lipinski definition) is 3. The van der Waals surface area contributed by atoms with Crippen LogP contribution in [-0.4, -0.2) is 30.9 Å². The molecule has 0 fully saturated rings. The third-order valence-corrected chi connectivity index (χ3v) is 2.91. The second-order valence-electron chi connectivity index (χ2n) is 4.73. The Morgan fingerprint density at radius 2 is 1.90 bits per heavy atom. The van der Waals surface area contributed by atoms with Crippen LogP contribution in [0.25, 0.3) is 0 Å². The third-order valence-electron chi connectivity index (χ3n) is 2.91. The van der Waals surface area contributed by atoms with Crippen LogP contribution < -0.4 is 16.4 Å². The fourth-order valence-corrected chi connectivity index (χ4v) is 1.91. The number of rotatable bonds is 8. The number of carbonyl (C=O) groups is 2. The summed E-state index contributed by atoms with van der Waals surface area (Å²) in [5, 5.41) is 5.53. The number of carbonyl (C=O) groups excluding carboxylic acids is 2. The lowest BCUT2D eigenvalue weighted by molar-refractivity contribution is -0.128. The molecule has 5 nitrogen and oxygen atoms in total. The first-order valence-corrected chi connectivity index (χ1v) is 6.92. The average Bonchev–Trinajstić information content (AvgIpc) is 2.43. The van der Waals surface area contributed by atoms with Gasteiger partial charge in [-0.2, -0.15) is 0 Å². The molecule has 0 heterocycles. The van der Waals surface area contributed by atoms with Crippen molar-refractivity contribution in [1.29, 1.82) is 0 Å². The number of unbranched alkanes of at least 4 members (excludes halogenated alkanes) is 1. The van der Waals surface area contributed by atoms with Gasteiger partial charge in [0.05, 0.1) is 0 Å². The van der Waals surface area contributed by atoms with Crippen molar-refractivity contribution < 1.29 is 9.59 Å². The first-order chi connectivity index (χ1) is 9.63. The van der Waals surface area contributed by atoms with E-state index in [4.69, 9.17) is 5.73 Å². The first kappa shape index (κ1) is 16.2. The van der Waals surface area contributed by atoms with Crippen molar-refractivity contribution in [3.8, 4) is 0 Å². The molecule has 1 rings (SSSR count). The SMILES string of the molecule is CC(=O)N[C@@H](Cc1ccccc1)C(=O)NCCCCN. The molecule has 0 aliphatic heterocycles. The van der Waals surface area contributed by atoms with Crippen molar-refractivity contribution in [1.82, 2.24) is 10.6 Å². The van der Waals surface area contributed by atoms with Gasteiger partial charge in [-0.25, -0.2) is 0 Å². The monoisotopic (exact) mass is 277 g/mol.